The number of aromatic nitrogens is 1. The molecule has 0 N–H and O–H groups in total. The Labute approximate surface area is 207 Å². The molecule has 5 heteroatoms. The molecule has 3 heterocycles. The summed E-state index contributed by atoms with van der Waals surface area (Å²) in [4.78, 5) is 11.0. The summed E-state index contributed by atoms with van der Waals surface area (Å²) in [6.45, 7) is 0. The number of rotatable bonds is 5. The number of nitrogens with zero attached hydrogens (tertiary/aromatic N) is 2. The molecule has 0 radical (unpaired) electrons. The number of furan rings is 1. The highest BCUT2D eigenvalue weighted by molar-refractivity contribution is 7.18. The summed E-state index contributed by atoms with van der Waals surface area (Å²) in [5.74, 6) is 0.301. The average Bonchev–Trinajstić information content (AvgIpc) is 3.58. The van der Waals surface area contributed by atoms with Crippen LogP contribution in [0.5, 0.6) is 0 Å². The molecule has 1 atom stereocenters. The zero-order valence-corrected chi connectivity index (χ0v) is 19.9. The van der Waals surface area contributed by atoms with Gasteiger partial charge >= 0.3 is 0 Å². The number of thiazole rings is 1. The fraction of sp³-hybridized carbons (Fsp3) is 0.103. The van der Waals surface area contributed by atoms with E-state index in [2.05, 4.69) is 48.5 Å². The lowest BCUT2D eigenvalue weighted by Gasteiger charge is -2.25. The van der Waals surface area contributed by atoms with Crippen LogP contribution in [0.15, 0.2) is 107 Å². The van der Waals surface area contributed by atoms with Gasteiger partial charge in [-0.05, 0) is 53.8 Å². The van der Waals surface area contributed by atoms with Gasteiger partial charge in [0.05, 0.1) is 28.8 Å². The van der Waals surface area contributed by atoms with Crippen LogP contribution in [-0.2, 0) is 12.8 Å². The maximum absolute atomic E-state index is 6.04. The van der Waals surface area contributed by atoms with E-state index < -0.39 is 0 Å². The molecule has 1 aliphatic heterocycles. The van der Waals surface area contributed by atoms with E-state index in [4.69, 9.17) is 26.0 Å². The molecule has 3 aromatic carbocycles. The summed E-state index contributed by atoms with van der Waals surface area (Å²) in [7, 11) is 0. The van der Waals surface area contributed by atoms with Gasteiger partial charge in [-0.2, -0.15) is 0 Å². The summed E-state index contributed by atoms with van der Waals surface area (Å²) in [5, 5.41) is 1.72. The molecular weight excluding hydrogens is 460 g/mol. The Morgan fingerprint density at radius 1 is 0.912 bits per heavy atom. The summed E-state index contributed by atoms with van der Waals surface area (Å²) >= 11 is 7.72. The molecule has 166 valence electrons. The van der Waals surface area contributed by atoms with Crippen molar-refractivity contribution in [2.24, 2.45) is 10.9 Å². The topological polar surface area (TPSA) is 38.4 Å². The van der Waals surface area contributed by atoms with Gasteiger partial charge in [-0.1, -0.05) is 66.2 Å². The van der Waals surface area contributed by atoms with Crippen LogP contribution < -0.4 is 0 Å². The molecule has 6 rings (SSSR count). The predicted molar refractivity (Wildman–Crippen MR) is 140 cm³/mol. The Morgan fingerprint density at radius 2 is 1.74 bits per heavy atom. The Bertz CT molecular complexity index is 1450. The number of halogens is 1. The first-order valence-corrected chi connectivity index (χ1v) is 12.4. The highest BCUT2D eigenvalue weighted by Gasteiger charge is 2.26. The molecule has 2 aromatic heterocycles. The van der Waals surface area contributed by atoms with Crippen molar-refractivity contribution in [3.8, 4) is 21.0 Å². The average molecular weight is 481 g/mol. The molecule has 1 unspecified atom stereocenters. The fourth-order valence-electron chi connectivity index (χ4n) is 4.49. The largest absolute Gasteiger partial charge is 0.472 e. The number of aliphatic imine (C=N–C) groups is 1. The van der Waals surface area contributed by atoms with Crippen molar-refractivity contribution >= 4 is 34.3 Å². The summed E-state index contributed by atoms with van der Waals surface area (Å²) < 4.78 is 5.40. The molecule has 0 saturated carbocycles. The minimum Gasteiger partial charge on any atom is -0.472 e. The van der Waals surface area contributed by atoms with E-state index >= 15 is 0 Å². The van der Waals surface area contributed by atoms with E-state index in [0.717, 1.165) is 55.8 Å². The molecule has 5 aromatic rings. The van der Waals surface area contributed by atoms with Crippen LogP contribution in [0.3, 0.4) is 0 Å². The van der Waals surface area contributed by atoms with Gasteiger partial charge < -0.3 is 4.42 Å². The molecule has 1 aliphatic rings. The van der Waals surface area contributed by atoms with Gasteiger partial charge in [0.15, 0.2) is 0 Å². The molecule has 0 spiro atoms. The zero-order valence-electron chi connectivity index (χ0n) is 18.3. The van der Waals surface area contributed by atoms with E-state index in [0.29, 0.717) is 5.92 Å². The first kappa shape index (κ1) is 21.1. The highest BCUT2D eigenvalue weighted by atomic mass is 35.5. The summed E-state index contributed by atoms with van der Waals surface area (Å²) in [5.41, 5.74) is 7.95. The van der Waals surface area contributed by atoms with Crippen LogP contribution in [0.25, 0.3) is 21.0 Å². The Hall–Kier alpha value is -3.47. The van der Waals surface area contributed by atoms with Gasteiger partial charge in [-0.15, -0.1) is 11.3 Å². The first-order chi connectivity index (χ1) is 16.7. The van der Waals surface area contributed by atoms with Crippen molar-refractivity contribution in [1.29, 1.82) is 0 Å². The van der Waals surface area contributed by atoms with Crippen LogP contribution in [0, 0.1) is 5.92 Å². The zero-order chi connectivity index (χ0) is 22.9. The highest BCUT2D eigenvalue weighted by Crippen LogP contribution is 2.38. The normalized spacial score (nSPS) is 15.1. The minimum absolute atomic E-state index is 0.301. The lowest BCUT2D eigenvalue weighted by Crippen LogP contribution is -2.23. The van der Waals surface area contributed by atoms with Crippen molar-refractivity contribution < 1.29 is 4.42 Å². The molecular formula is C29H21ClN2OS. The van der Waals surface area contributed by atoms with Crippen molar-refractivity contribution in [1.82, 2.24) is 4.98 Å². The van der Waals surface area contributed by atoms with Gasteiger partial charge in [0.1, 0.15) is 5.01 Å². The van der Waals surface area contributed by atoms with Crippen molar-refractivity contribution in [2.75, 3.05) is 0 Å². The Morgan fingerprint density at radius 3 is 2.53 bits per heavy atom. The summed E-state index contributed by atoms with van der Waals surface area (Å²) in [6, 6.07) is 27.1. The predicted octanol–water partition coefficient (Wildman–Crippen LogP) is 8.26. The minimum atomic E-state index is 0.301. The van der Waals surface area contributed by atoms with Crippen LogP contribution in [0.2, 0.25) is 5.02 Å². The smallest absolute Gasteiger partial charge is 0.123 e. The van der Waals surface area contributed by atoms with Gasteiger partial charge in [0.25, 0.3) is 0 Å². The van der Waals surface area contributed by atoms with Crippen LogP contribution in [0.4, 0.5) is 5.69 Å². The Kier molecular flexibility index (Phi) is 5.61. The number of hydrogen-bond acceptors (Lipinski definition) is 4. The number of fused-ring (bicyclic) bond motifs is 1. The van der Waals surface area contributed by atoms with Crippen molar-refractivity contribution in [3.63, 3.8) is 0 Å². The molecule has 0 amide bonds. The van der Waals surface area contributed by atoms with E-state index in [1.807, 2.05) is 36.5 Å². The van der Waals surface area contributed by atoms with E-state index in [9.17, 15) is 0 Å². The van der Waals surface area contributed by atoms with E-state index in [-0.39, 0.29) is 0 Å². The third-order valence-electron chi connectivity index (χ3n) is 6.20. The molecule has 0 saturated heterocycles. The molecule has 0 fully saturated rings. The van der Waals surface area contributed by atoms with Gasteiger partial charge in [-0.25, -0.2) is 4.98 Å². The van der Waals surface area contributed by atoms with Crippen LogP contribution in [-0.4, -0.2) is 10.7 Å². The molecule has 0 bridgehead atoms. The van der Waals surface area contributed by atoms with Gasteiger partial charge in [0, 0.05) is 28.3 Å². The van der Waals surface area contributed by atoms with Gasteiger partial charge in [0.2, 0.25) is 0 Å². The van der Waals surface area contributed by atoms with Crippen molar-refractivity contribution in [2.45, 2.75) is 12.8 Å². The third kappa shape index (κ3) is 4.23. The Balaban J connectivity index is 1.34. The third-order valence-corrected chi connectivity index (χ3v) is 7.55. The second kappa shape index (κ2) is 9.05. The SMILES string of the molecule is Clc1ccc(-c2cnc(-c3ccc4c(c3)N=C(c3ccoc3)C(Cc3ccccc3)C4)s2)cc1. The maximum Gasteiger partial charge on any atom is 0.123 e. The van der Waals surface area contributed by atoms with Crippen LogP contribution in [0.1, 0.15) is 16.7 Å². The number of benzene rings is 3. The quantitative estimate of drug-likeness (QED) is 0.254. The van der Waals surface area contributed by atoms with Crippen molar-refractivity contribution in [3.05, 3.63) is 119 Å². The maximum atomic E-state index is 6.04. The second-order valence-corrected chi connectivity index (χ2v) is 9.95. The van der Waals surface area contributed by atoms with Crippen LogP contribution >= 0.6 is 22.9 Å². The lowest BCUT2D eigenvalue weighted by atomic mass is 9.83. The van der Waals surface area contributed by atoms with Gasteiger partial charge in [-0.3, -0.25) is 4.99 Å². The first-order valence-electron chi connectivity index (χ1n) is 11.2. The standard InChI is InChI=1S/C29H21ClN2OS/c30-25-10-8-20(9-11-25)27-17-31-29(34-27)22-7-6-21-15-24(14-19-4-2-1-3-5-19)28(32-26(21)16-22)23-12-13-33-18-23/h1-13,16-18,24H,14-15H2. The molecule has 34 heavy (non-hydrogen) atoms. The lowest BCUT2D eigenvalue weighted by molar-refractivity contribution is 0.566. The second-order valence-electron chi connectivity index (χ2n) is 8.48. The van der Waals surface area contributed by atoms with E-state index in [1.165, 1.54) is 11.1 Å². The monoisotopic (exact) mass is 480 g/mol. The summed E-state index contributed by atoms with van der Waals surface area (Å²) in [6.07, 6.45) is 7.34. The number of hydrogen-bond donors (Lipinski definition) is 0. The van der Waals surface area contributed by atoms with E-state index in [1.54, 1.807) is 23.9 Å². The molecule has 3 nitrogen and oxygen atoms in total. The molecule has 0 aliphatic carbocycles. The fourth-order valence-corrected chi connectivity index (χ4v) is 5.53.